The molecule has 0 aliphatic heterocycles. The van der Waals surface area contributed by atoms with E-state index in [4.69, 9.17) is 34.8 Å². The Labute approximate surface area is 228 Å². The van der Waals surface area contributed by atoms with Gasteiger partial charge in [0.15, 0.2) is 5.69 Å². The fourth-order valence-corrected chi connectivity index (χ4v) is 4.91. The molecule has 36 heavy (non-hydrogen) atoms. The molecule has 2 aromatic carbocycles. The molecule has 0 fully saturated rings. The van der Waals surface area contributed by atoms with Crippen LogP contribution in [0.2, 0.25) is 15.1 Å². The summed E-state index contributed by atoms with van der Waals surface area (Å²) in [7, 11) is 0. The minimum Gasteiger partial charge on any atom is -0.351 e. The van der Waals surface area contributed by atoms with Crippen LogP contribution in [-0.4, -0.2) is 34.8 Å². The van der Waals surface area contributed by atoms with Gasteiger partial charge in [0.25, 0.3) is 5.91 Å². The van der Waals surface area contributed by atoms with Crippen molar-refractivity contribution in [2.45, 2.75) is 46.1 Å². The Kier molecular flexibility index (Phi) is 10.4. The molecule has 0 spiro atoms. The van der Waals surface area contributed by atoms with Gasteiger partial charge in [0.05, 0.1) is 16.4 Å². The predicted molar refractivity (Wildman–Crippen MR) is 152 cm³/mol. The summed E-state index contributed by atoms with van der Waals surface area (Å²) in [5, 5.41) is 12.8. The number of amides is 1. The van der Waals surface area contributed by atoms with Crippen molar-refractivity contribution in [1.82, 2.24) is 20.4 Å². The van der Waals surface area contributed by atoms with Gasteiger partial charge in [0, 0.05) is 33.8 Å². The summed E-state index contributed by atoms with van der Waals surface area (Å²) in [4.78, 5) is 13.1. The van der Waals surface area contributed by atoms with E-state index in [-0.39, 0.29) is 5.91 Å². The first kappa shape index (κ1) is 28.3. The summed E-state index contributed by atoms with van der Waals surface area (Å²) < 4.78 is 1.69. The van der Waals surface area contributed by atoms with Crippen molar-refractivity contribution in [2.24, 2.45) is 5.92 Å². The molecular weight excluding hydrogens is 515 g/mol. The van der Waals surface area contributed by atoms with Crippen molar-refractivity contribution >= 4 is 40.7 Å². The highest BCUT2D eigenvalue weighted by atomic mass is 35.5. The molecule has 1 amide bonds. The number of carbonyl (C=O) groups excluding carboxylic acids is 1. The number of hydrogen-bond acceptors (Lipinski definition) is 3. The van der Waals surface area contributed by atoms with Crippen molar-refractivity contribution in [2.75, 3.05) is 13.1 Å². The summed E-state index contributed by atoms with van der Waals surface area (Å²) in [5.41, 5.74) is 3.38. The molecule has 3 rings (SSSR count). The molecule has 0 bridgehead atoms. The standard InChI is InChI=1S/C28H33Cl3N4O/c1-5-8-20(6-2)19(4)32-15-7-16-33-28(36)26-18(3)27(21-9-11-22(29)12-10-21)35(34-26)25-14-13-23(30)17-24(25)31/h5,9-14,17,19-20,32H,1,6-8,15-16H2,2-4H3,(H,33,36). The quantitative estimate of drug-likeness (QED) is 0.182. The Morgan fingerprint density at radius 2 is 1.81 bits per heavy atom. The molecule has 3 aromatic rings. The van der Waals surface area contributed by atoms with Crippen molar-refractivity contribution in [3.63, 3.8) is 0 Å². The van der Waals surface area contributed by atoms with Crippen molar-refractivity contribution in [3.05, 3.63) is 81.4 Å². The normalized spacial score (nSPS) is 12.8. The fourth-order valence-electron chi connectivity index (χ4n) is 4.29. The number of halogens is 3. The van der Waals surface area contributed by atoms with Gasteiger partial charge in [0.1, 0.15) is 0 Å². The van der Waals surface area contributed by atoms with Crippen molar-refractivity contribution in [3.8, 4) is 16.9 Å². The first-order valence-corrected chi connectivity index (χ1v) is 13.3. The van der Waals surface area contributed by atoms with Crippen LogP contribution >= 0.6 is 34.8 Å². The molecule has 0 radical (unpaired) electrons. The third-order valence-corrected chi connectivity index (χ3v) is 7.19. The molecule has 0 aliphatic rings. The molecule has 1 heterocycles. The largest absolute Gasteiger partial charge is 0.351 e. The van der Waals surface area contributed by atoms with Gasteiger partial charge in [-0.1, -0.05) is 66.4 Å². The fraction of sp³-hybridized carbons (Fsp3) is 0.357. The Morgan fingerprint density at radius 3 is 2.44 bits per heavy atom. The van der Waals surface area contributed by atoms with E-state index in [1.807, 2.05) is 37.3 Å². The number of allylic oxidation sites excluding steroid dienone is 1. The van der Waals surface area contributed by atoms with Crippen LogP contribution in [0.4, 0.5) is 0 Å². The minimum atomic E-state index is -0.224. The first-order valence-electron chi connectivity index (χ1n) is 12.2. The molecule has 2 atom stereocenters. The van der Waals surface area contributed by atoms with E-state index in [2.05, 4.69) is 36.2 Å². The van der Waals surface area contributed by atoms with E-state index < -0.39 is 0 Å². The highest BCUT2D eigenvalue weighted by Gasteiger charge is 2.23. The molecule has 8 heteroatoms. The Balaban J connectivity index is 1.77. The zero-order chi connectivity index (χ0) is 26.2. The number of carbonyl (C=O) groups is 1. The number of nitrogens with zero attached hydrogens (tertiary/aromatic N) is 2. The summed E-state index contributed by atoms with van der Waals surface area (Å²) in [6.07, 6.45) is 4.89. The summed E-state index contributed by atoms with van der Waals surface area (Å²) in [5.74, 6) is 0.340. The Hall–Kier alpha value is -2.31. The van der Waals surface area contributed by atoms with Crippen LogP contribution in [0.15, 0.2) is 55.1 Å². The molecule has 2 unspecified atom stereocenters. The van der Waals surface area contributed by atoms with Gasteiger partial charge >= 0.3 is 0 Å². The molecule has 0 saturated heterocycles. The van der Waals surface area contributed by atoms with Gasteiger partial charge in [-0.2, -0.15) is 5.10 Å². The lowest BCUT2D eigenvalue weighted by Crippen LogP contribution is -2.35. The van der Waals surface area contributed by atoms with Crippen molar-refractivity contribution < 1.29 is 4.79 Å². The maximum Gasteiger partial charge on any atom is 0.272 e. The number of rotatable bonds is 12. The van der Waals surface area contributed by atoms with E-state index >= 15 is 0 Å². The second-order valence-corrected chi connectivity index (χ2v) is 10.2. The smallest absolute Gasteiger partial charge is 0.272 e. The van der Waals surface area contributed by atoms with E-state index in [0.717, 1.165) is 42.6 Å². The lowest BCUT2D eigenvalue weighted by Gasteiger charge is -2.22. The molecular formula is C28H33Cl3N4O. The number of benzene rings is 2. The molecule has 5 nitrogen and oxygen atoms in total. The second kappa shape index (κ2) is 13.3. The molecule has 0 aliphatic carbocycles. The van der Waals surface area contributed by atoms with Crippen LogP contribution in [0.3, 0.4) is 0 Å². The summed E-state index contributed by atoms with van der Waals surface area (Å²) in [6, 6.07) is 13.0. The highest BCUT2D eigenvalue weighted by Crippen LogP contribution is 2.33. The first-order chi connectivity index (χ1) is 17.3. The van der Waals surface area contributed by atoms with Crippen molar-refractivity contribution in [1.29, 1.82) is 0 Å². The number of aromatic nitrogens is 2. The third kappa shape index (κ3) is 6.92. The number of hydrogen-bond donors (Lipinski definition) is 2. The molecule has 2 N–H and O–H groups in total. The van der Waals surface area contributed by atoms with Crippen LogP contribution in [0.25, 0.3) is 16.9 Å². The average Bonchev–Trinajstić information content (AvgIpc) is 3.19. The number of nitrogens with one attached hydrogen (secondary N) is 2. The van der Waals surface area contributed by atoms with Gasteiger partial charge in [-0.25, -0.2) is 4.68 Å². The topological polar surface area (TPSA) is 58.9 Å². The SMILES string of the molecule is C=CCC(CC)C(C)NCCCNC(=O)c1nn(-c2ccc(Cl)cc2Cl)c(-c2ccc(Cl)cc2)c1C. The highest BCUT2D eigenvalue weighted by molar-refractivity contribution is 6.35. The van der Waals surface area contributed by atoms with Gasteiger partial charge in [-0.15, -0.1) is 6.58 Å². The maximum absolute atomic E-state index is 13.1. The van der Waals surface area contributed by atoms with E-state index in [1.54, 1.807) is 22.9 Å². The monoisotopic (exact) mass is 546 g/mol. The summed E-state index contributed by atoms with van der Waals surface area (Å²) in [6.45, 7) is 11.5. The Morgan fingerprint density at radius 1 is 1.11 bits per heavy atom. The Bertz CT molecular complexity index is 1190. The molecule has 0 saturated carbocycles. The van der Waals surface area contributed by atoms with E-state index in [9.17, 15) is 4.79 Å². The molecule has 192 valence electrons. The lowest BCUT2D eigenvalue weighted by molar-refractivity contribution is 0.0947. The third-order valence-electron chi connectivity index (χ3n) is 6.40. The maximum atomic E-state index is 13.1. The van der Waals surface area contributed by atoms with Crippen LogP contribution in [0.5, 0.6) is 0 Å². The van der Waals surface area contributed by atoms with Gasteiger partial charge in [-0.3, -0.25) is 4.79 Å². The second-order valence-electron chi connectivity index (χ2n) is 8.88. The van der Waals surface area contributed by atoms with Gasteiger partial charge in [-0.05, 0) is 69.5 Å². The van der Waals surface area contributed by atoms with Crippen LogP contribution < -0.4 is 10.6 Å². The predicted octanol–water partition coefficient (Wildman–Crippen LogP) is 7.51. The minimum absolute atomic E-state index is 0.224. The van der Waals surface area contributed by atoms with E-state index in [0.29, 0.717) is 45.0 Å². The van der Waals surface area contributed by atoms with E-state index in [1.165, 1.54) is 0 Å². The van der Waals surface area contributed by atoms with Crippen LogP contribution in [0.1, 0.15) is 49.2 Å². The van der Waals surface area contributed by atoms with Gasteiger partial charge < -0.3 is 10.6 Å². The average molecular weight is 548 g/mol. The zero-order valence-electron chi connectivity index (χ0n) is 21.0. The van der Waals surface area contributed by atoms with Gasteiger partial charge in [0.2, 0.25) is 0 Å². The van der Waals surface area contributed by atoms with Crippen LogP contribution in [-0.2, 0) is 0 Å². The van der Waals surface area contributed by atoms with Crippen LogP contribution in [0, 0.1) is 12.8 Å². The summed E-state index contributed by atoms with van der Waals surface area (Å²) >= 11 is 18.7. The zero-order valence-corrected chi connectivity index (χ0v) is 23.2. The lowest BCUT2D eigenvalue weighted by atomic mass is 9.94. The molecule has 1 aromatic heterocycles.